The number of aromatic amines is 1. The molecule has 2 nitrogen and oxygen atoms in total. The van der Waals surface area contributed by atoms with Crippen LogP contribution in [0, 0.1) is 13.8 Å². The Hall–Kier alpha value is -3.13. The molecular formula is C24H21NO. The molecule has 4 aromatic rings. The molecule has 0 atom stereocenters. The summed E-state index contributed by atoms with van der Waals surface area (Å²) in [6.45, 7) is 4.14. The lowest BCUT2D eigenvalue weighted by molar-refractivity contribution is 1.14. The Morgan fingerprint density at radius 3 is 2.08 bits per heavy atom. The molecule has 1 N–H and O–H groups in total. The molecule has 0 aliphatic carbocycles. The van der Waals surface area contributed by atoms with Gasteiger partial charge < -0.3 is 4.98 Å². The standard InChI is InChI=1S/C24H21NO/c1-16-7-11-18(12-8-16)15-21-23(19-13-9-17(2)10-14-19)25-22-6-4-3-5-20(22)24(21)26/h3-14H,15H2,1-2H3,(H,25,26). The minimum Gasteiger partial charge on any atom is -0.354 e. The number of hydrogen-bond acceptors (Lipinski definition) is 1. The van der Waals surface area contributed by atoms with Crippen LogP contribution in [0.25, 0.3) is 22.2 Å². The topological polar surface area (TPSA) is 32.9 Å². The number of H-pyrrole nitrogens is 1. The number of pyridine rings is 1. The van der Waals surface area contributed by atoms with Crippen LogP contribution in [0.4, 0.5) is 0 Å². The van der Waals surface area contributed by atoms with E-state index < -0.39 is 0 Å². The highest BCUT2D eigenvalue weighted by Gasteiger charge is 2.14. The van der Waals surface area contributed by atoms with Gasteiger partial charge in [-0.2, -0.15) is 0 Å². The van der Waals surface area contributed by atoms with Crippen molar-refractivity contribution in [2.45, 2.75) is 20.3 Å². The second-order valence-electron chi connectivity index (χ2n) is 6.88. The Morgan fingerprint density at radius 1 is 0.769 bits per heavy atom. The van der Waals surface area contributed by atoms with Gasteiger partial charge >= 0.3 is 0 Å². The molecule has 0 unspecified atom stereocenters. The van der Waals surface area contributed by atoms with E-state index in [0.29, 0.717) is 6.42 Å². The molecule has 3 aromatic carbocycles. The normalized spacial score (nSPS) is 11.0. The first-order chi connectivity index (χ1) is 12.6. The van der Waals surface area contributed by atoms with Crippen LogP contribution in [0.5, 0.6) is 0 Å². The molecule has 128 valence electrons. The van der Waals surface area contributed by atoms with Crippen LogP contribution in [0.3, 0.4) is 0 Å². The molecular weight excluding hydrogens is 318 g/mol. The van der Waals surface area contributed by atoms with E-state index in [1.807, 2.05) is 24.3 Å². The van der Waals surface area contributed by atoms with Crippen molar-refractivity contribution in [2.75, 3.05) is 0 Å². The van der Waals surface area contributed by atoms with E-state index in [2.05, 4.69) is 67.4 Å². The first-order valence-corrected chi connectivity index (χ1v) is 8.88. The molecule has 2 heteroatoms. The van der Waals surface area contributed by atoms with Crippen LogP contribution in [0.15, 0.2) is 77.6 Å². The summed E-state index contributed by atoms with van der Waals surface area (Å²) in [6, 6.07) is 24.4. The van der Waals surface area contributed by atoms with Crippen molar-refractivity contribution in [3.05, 3.63) is 105 Å². The maximum atomic E-state index is 13.2. The highest BCUT2D eigenvalue weighted by atomic mass is 16.1. The smallest absolute Gasteiger partial charge is 0.193 e. The maximum Gasteiger partial charge on any atom is 0.193 e. The molecule has 0 fully saturated rings. The van der Waals surface area contributed by atoms with Gasteiger partial charge in [-0.3, -0.25) is 4.79 Å². The van der Waals surface area contributed by atoms with Crippen molar-refractivity contribution in [1.29, 1.82) is 0 Å². The molecule has 0 saturated carbocycles. The van der Waals surface area contributed by atoms with Gasteiger partial charge in [0, 0.05) is 22.9 Å². The molecule has 1 aromatic heterocycles. The monoisotopic (exact) mass is 339 g/mol. The van der Waals surface area contributed by atoms with Gasteiger partial charge in [-0.25, -0.2) is 0 Å². The van der Waals surface area contributed by atoms with Crippen LogP contribution >= 0.6 is 0 Å². The highest BCUT2D eigenvalue weighted by Crippen LogP contribution is 2.25. The second-order valence-corrected chi connectivity index (χ2v) is 6.88. The fourth-order valence-corrected chi connectivity index (χ4v) is 3.32. The Bertz CT molecular complexity index is 1120. The lowest BCUT2D eigenvalue weighted by Crippen LogP contribution is -2.13. The van der Waals surface area contributed by atoms with E-state index in [1.165, 1.54) is 11.1 Å². The number of nitrogens with one attached hydrogen (secondary N) is 1. The van der Waals surface area contributed by atoms with E-state index in [0.717, 1.165) is 33.3 Å². The van der Waals surface area contributed by atoms with Crippen molar-refractivity contribution in [3.8, 4) is 11.3 Å². The van der Waals surface area contributed by atoms with Gasteiger partial charge in [-0.1, -0.05) is 71.8 Å². The van der Waals surface area contributed by atoms with Crippen LogP contribution in [0.1, 0.15) is 22.3 Å². The summed E-state index contributed by atoms with van der Waals surface area (Å²) >= 11 is 0. The third-order valence-electron chi connectivity index (χ3n) is 4.85. The van der Waals surface area contributed by atoms with Crippen LogP contribution < -0.4 is 5.43 Å². The zero-order valence-electron chi connectivity index (χ0n) is 15.0. The third kappa shape index (κ3) is 3.06. The fraction of sp³-hybridized carbons (Fsp3) is 0.125. The first-order valence-electron chi connectivity index (χ1n) is 8.88. The fourth-order valence-electron chi connectivity index (χ4n) is 3.32. The van der Waals surface area contributed by atoms with Gasteiger partial charge in [-0.15, -0.1) is 0 Å². The Balaban J connectivity index is 1.94. The van der Waals surface area contributed by atoms with E-state index in [1.54, 1.807) is 0 Å². The zero-order chi connectivity index (χ0) is 18.1. The lowest BCUT2D eigenvalue weighted by Gasteiger charge is -2.12. The summed E-state index contributed by atoms with van der Waals surface area (Å²) in [5.41, 5.74) is 7.32. The quantitative estimate of drug-likeness (QED) is 0.532. The number of para-hydroxylation sites is 1. The maximum absolute atomic E-state index is 13.2. The minimum atomic E-state index is 0.107. The Kier molecular flexibility index (Phi) is 4.18. The van der Waals surface area contributed by atoms with E-state index in [9.17, 15) is 4.79 Å². The van der Waals surface area contributed by atoms with Gasteiger partial charge in [0.2, 0.25) is 0 Å². The van der Waals surface area contributed by atoms with Gasteiger partial charge in [0.1, 0.15) is 0 Å². The van der Waals surface area contributed by atoms with Gasteiger partial charge in [-0.05, 0) is 37.1 Å². The summed E-state index contributed by atoms with van der Waals surface area (Å²) in [6.07, 6.45) is 0.615. The van der Waals surface area contributed by atoms with Crippen molar-refractivity contribution in [3.63, 3.8) is 0 Å². The molecule has 0 amide bonds. The van der Waals surface area contributed by atoms with E-state index in [4.69, 9.17) is 0 Å². The molecule has 0 saturated heterocycles. The molecule has 0 aliphatic rings. The number of aryl methyl sites for hydroxylation is 2. The highest BCUT2D eigenvalue weighted by molar-refractivity contribution is 5.83. The summed E-state index contributed by atoms with van der Waals surface area (Å²) in [5.74, 6) is 0. The molecule has 26 heavy (non-hydrogen) atoms. The average Bonchev–Trinajstić information content (AvgIpc) is 2.66. The van der Waals surface area contributed by atoms with Crippen molar-refractivity contribution in [1.82, 2.24) is 4.98 Å². The Morgan fingerprint density at radius 2 is 1.38 bits per heavy atom. The lowest BCUT2D eigenvalue weighted by atomic mass is 9.96. The summed E-state index contributed by atoms with van der Waals surface area (Å²) in [5, 5.41) is 0.741. The largest absolute Gasteiger partial charge is 0.354 e. The van der Waals surface area contributed by atoms with Crippen LogP contribution in [-0.4, -0.2) is 4.98 Å². The summed E-state index contributed by atoms with van der Waals surface area (Å²) in [4.78, 5) is 16.7. The first kappa shape index (κ1) is 16.3. The minimum absolute atomic E-state index is 0.107. The predicted octanol–water partition coefficient (Wildman–Crippen LogP) is 5.40. The summed E-state index contributed by atoms with van der Waals surface area (Å²) in [7, 11) is 0. The molecule has 0 radical (unpaired) electrons. The van der Waals surface area contributed by atoms with Gasteiger partial charge in [0.05, 0.1) is 5.69 Å². The predicted molar refractivity (Wildman–Crippen MR) is 109 cm³/mol. The summed E-state index contributed by atoms with van der Waals surface area (Å²) < 4.78 is 0. The number of aromatic nitrogens is 1. The third-order valence-corrected chi connectivity index (χ3v) is 4.85. The van der Waals surface area contributed by atoms with Crippen molar-refractivity contribution < 1.29 is 0 Å². The van der Waals surface area contributed by atoms with Gasteiger partial charge in [0.15, 0.2) is 5.43 Å². The van der Waals surface area contributed by atoms with Gasteiger partial charge in [0.25, 0.3) is 0 Å². The molecule has 0 aliphatic heterocycles. The number of benzene rings is 3. The SMILES string of the molecule is Cc1ccc(Cc2c(-c3ccc(C)cc3)[nH]c3ccccc3c2=O)cc1. The molecule has 4 rings (SSSR count). The van der Waals surface area contributed by atoms with Crippen molar-refractivity contribution in [2.24, 2.45) is 0 Å². The number of hydrogen-bond donors (Lipinski definition) is 1. The number of fused-ring (bicyclic) bond motifs is 1. The number of rotatable bonds is 3. The molecule has 1 heterocycles. The van der Waals surface area contributed by atoms with Crippen LogP contribution in [0.2, 0.25) is 0 Å². The second kappa shape index (κ2) is 6.64. The Labute approximate surface area is 153 Å². The van der Waals surface area contributed by atoms with E-state index in [-0.39, 0.29) is 5.43 Å². The zero-order valence-corrected chi connectivity index (χ0v) is 15.0. The van der Waals surface area contributed by atoms with Crippen molar-refractivity contribution >= 4 is 10.9 Å². The average molecular weight is 339 g/mol. The molecule has 0 spiro atoms. The van der Waals surface area contributed by atoms with E-state index >= 15 is 0 Å². The molecule has 0 bridgehead atoms. The van der Waals surface area contributed by atoms with Crippen LogP contribution in [-0.2, 0) is 6.42 Å².